The van der Waals surface area contributed by atoms with Gasteiger partial charge in [-0.25, -0.2) is 4.98 Å². The maximum absolute atomic E-state index is 5.25. The number of benzene rings is 8. The Labute approximate surface area is 291 Å². The molecule has 0 aliphatic heterocycles. The number of aromatic nitrogens is 1. The first-order valence-corrected chi connectivity index (χ1v) is 18.1. The van der Waals surface area contributed by atoms with Crippen LogP contribution < -0.4 is 4.90 Å². The second-order valence-electron chi connectivity index (χ2n) is 12.4. The number of thiazole rings is 1. The topological polar surface area (TPSA) is 16.1 Å². The van der Waals surface area contributed by atoms with E-state index in [0.717, 1.165) is 33.1 Å². The summed E-state index contributed by atoms with van der Waals surface area (Å²) in [5, 5.41) is 8.62. The highest BCUT2D eigenvalue weighted by atomic mass is 32.1. The number of fused-ring (bicyclic) bond motifs is 9. The van der Waals surface area contributed by atoms with Gasteiger partial charge in [0.1, 0.15) is 5.01 Å². The quantitative estimate of drug-likeness (QED) is 0.171. The second-order valence-corrected chi connectivity index (χ2v) is 14.4. The highest BCUT2D eigenvalue weighted by molar-refractivity contribution is 7.25. The van der Waals surface area contributed by atoms with E-state index in [9.17, 15) is 0 Å². The average molecular weight is 661 g/mol. The van der Waals surface area contributed by atoms with E-state index in [1.807, 2.05) is 11.3 Å². The van der Waals surface area contributed by atoms with E-state index in [2.05, 4.69) is 175 Å². The van der Waals surface area contributed by atoms with E-state index >= 15 is 0 Å². The number of hydrogen-bond donors (Lipinski definition) is 0. The van der Waals surface area contributed by atoms with Crippen molar-refractivity contribution in [3.63, 3.8) is 0 Å². The molecule has 0 radical (unpaired) electrons. The summed E-state index contributed by atoms with van der Waals surface area (Å²) in [5.41, 5.74) is 7.97. The third-order valence-corrected chi connectivity index (χ3v) is 11.8. The van der Waals surface area contributed by atoms with Gasteiger partial charge in [-0.15, -0.1) is 22.7 Å². The van der Waals surface area contributed by atoms with Crippen LogP contribution in [0.1, 0.15) is 0 Å². The minimum atomic E-state index is 1.04. The molecule has 0 saturated carbocycles. The molecular formula is C45H28N2S2. The Kier molecular flexibility index (Phi) is 6.57. The first-order chi connectivity index (χ1) is 24.3. The minimum absolute atomic E-state index is 1.04. The lowest BCUT2D eigenvalue weighted by molar-refractivity contribution is 1.29. The van der Waals surface area contributed by atoms with Gasteiger partial charge in [0.05, 0.1) is 10.2 Å². The monoisotopic (exact) mass is 660 g/mol. The number of anilines is 3. The van der Waals surface area contributed by atoms with Gasteiger partial charge in [0.15, 0.2) is 0 Å². The highest BCUT2D eigenvalue weighted by Gasteiger charge is 2.18. The first kappa shape index (κ1) is 28.2. The maximum atomic E-state index is 5.25. The molecule has 0 spiro atoms. The largest absolute Gasteiger partial charge is 0.310 e. The molecule has 230 valence electrons. The van der Waals surface area contributed by atoms with Gasteiger partial charge in [-0.1, -0.05) is 109 Å². The van der Waals surface area contributed by atoms with Crippen LogP contribution in [-0.4, -0.2) is 4.98 Å². The second kappa shape index (κ2) is 11.4. The molecule has 0 saturated heterocycles. The minimum Gasteiger partial charge on any atom is -0.310 e. The summed E-state index contributed by atoms with van der Waals surface area (Å²) in [6.45, 7) is 0. The highest BCUT2D eigenvalue weighted by Crippen LogP contribution is 2.43. The van der Waals surface area contributed by atoms with E-state index in [-0.39, 0.29) is 0 Å². The van der Waals surface area contributed by atoms with E-state index < -0.39 is 0 Å². The van der Waals surface area contributed by atoms with Crippen LogP contribution in [0.15, 0.2) is 170 Å². The molecule has 0 atom stereocenters. The van der Waals surface area contributed by atoms with Crippen molar-refractivity contribution in [1.29, 1.82) is 0 Å². The molecular weight excluding hydrogens is 633 g/mol. The molecule has 2 nitrogen and oxygen atoms in total. The molecule has 4 heteroatoms. The summed E-state index contributed by atoms with van der Waals surface area (Å²) in [6.07, 6.45) is 0. The SMILES string of the molecule is c1ccc(-c2ccc(N(c3ccc(-c4nc5c6ccccc6c6ccccc6c5s4)cc3)c3ccc4sc5ccccc5c4c3)cc2)cc1. The summed E-state index contributed by atoms with van der Waals surface area (Å²) in [7, 11) is 0. The zero-order valence-electron chi connectivity index (χ0n) is 26.4. The molecule has 8 aromatic carbocycles. The summed E-state index contributed by atoms with van der Waals surface area (Å²) in [6, 6.07) is 61.3. The third-order valence-electron chi connectivity index (χ3n) is 9.49. The predicted molar refractivity (Wildman–Crippen MR) is 213 cm³/mol. The van der Waals surface area contributed by atoms with Crippen molar-refractivity contribution in [2.45, 2.75) is 0 Å². The number of thiophene rings is 1. The zero-order valence-corrected chi connectivity index (χ0v) is 28.0. The van der Waals surface area contributed by atoms with Gasteiger partial charge in [-0.2, -0.15) is 0 Å². The Morgan fingerprint density at radius 2 is 0.898 bits per heavy atom. The van der Waals surface area contributed by atoms with E-state index in [0.29, 0.717) is 0 Å². The van der Waals surface area contributed by atoms with Crippen molar-refractivity contribution in [2.24, 2.45) is 0 Å². The van der Waals surface area contributed by atoms with Crippen LogP contribution in [0.3, 0.4) is 0 Å². The van der Waals surface area contributed by atoms with Gasteiger partial charge < -0.3 is 4.90 Å². The summed E-state index contributed by atoms with van der Waals surface area (Å²) < 4.78 is 3.86. The van der Waals surface area contributed by atoms with Crippen LogP contribution in [0, 0.1) is 0 Å². The molecule has 0 amide bonds. The Balaban J connectivity index is 1.10. The molecule has 0 fully saturated rings. The molecule has 49 heavy (non-hydrogen) atoms. The smallest absolute Gasteiger partial charge is 0.124 e. The van der Waals surface area contributed by atoms with E-state index in [1.165, 1.54) is 57.5 Å². The van der Waals surface area contributed by atoms with Crippen LogP contribution in [-0.2, 0) is 0 Å². The Morgan fingerprint density at radius 3 is 1.63 bits per heavy atom. The maximum Gasteiger partial charge on any atom is 0.124 e. The summed E-state index contributed by atoms with van der Waals surface area (Å²) in [5.74, 6) is 0. The van der Waals surface area contributed by atoms with Gasteiger partial charge in [0, 0.05) is 53.6 Å². The van der Waals surface area contributed by atoms with Gasteiger partial charge in [0.2, 0.25) is 0 Å². The standard InChI is InChI=1S/C45H28N2S2/c1-2-10-29(11-3-1)30-18-22-32(23-19-30)47(34-26-27-42-40(28-34)37-14-8-9-17-41(37)48-42)33-24-20-31(21-25-33)45-46-43-38-15-6-4-12-35(38)36-13-5-7-16-39(36)44(43)49-45/h1-28H. The fourth-order valence-corrected chi connectivity index (χ4v) is 9.35. The Hall–Kier alpha value is -5.81. The summed E-state index contributed by atoms with van der Waals surface area (Å²) >= 11 is 3.63. The molecule has 0 N–H and O–H groups in total. The van der Waals surface area contributed by atoms with Gasteiger partial charge >= 0.3 is 0 Å². The molecule has 0 aliphatic rings. The van der Waals surface area contributed by atoms with E-state index in [1.54, 1.807) is 11.3 Å². The van der Waals surface area contributed by atoms with Gasteiger partial charge in [-0.05, 0) is 82.6 Å². The van der Waals surface area contributed by atoms with Crippen LogP contribution in [0.4, 0.5) is 17.1 Å². The predicted octanol–water partition coefficient (Wildman–Crippen LogP) is 13.8. The van der Waals surface area contributed by atoms with Crippen LogP contribution in [0.2, 0.25) is 0 Å². The van der Waals surface area contributed by atoms with Crippen molar-refractivity contribution in [3.8, 4) is 21.7 Å². The molecule has 0 aliphatic carbocycles. The van der Waals surface area contributed by atoms with Crippen LogP contribution in [0.5, 0.6) is 0 Å². The third kappa shape index (κ3) is 4.72. The van der Waals surface area contributed by atoms with Crippen LogP contribution >= 0.6 is 22.7 Å². The van der Waals surface area contributed by atoms with Crippen molar-refractivity contribution < 1.29 is 0 Å². The number of hydrogen-bond acceptors (Lipinski definition) is 4. The van der Waals surface area contributed by atoms with Crippen LogP contribution in [0.25, 0.3) is 73.6 Å². The van der Waals surface area contributed by atoms with Gasteiger partial charge in [-0.3, -0.25) is 0 Å². The lowest BCUT2D eigenvalue weighted by Crippen LogP contribution is -2.09. The molecule has 2 heterocycles. The Morgan fingerprint density at radius 1 is 0.367 bits per heavy atom. The van der Waals surface area contributed by atoms with E-state index in [4.69, 9.17) is 4.98 Å². The lowest BCUT2D eigenvalue weighted by Gasteiger charge is -2.26. The molecule has 2 aromatic heterocycles. The molecule has 0 unspecified atom stereocenters. The molecule has 10 rings (SSSR count). The normalized spacial score (nSPS) is 11.7. The van der Waals surface area contributed by atoms with Crippen molar-refractivity contribution in [1.82, 2.24) is 4.98 Å². The number of nitrogens with zero attached hydrogens (tertiary/aromatic N) is 2. The lowest BCUT2D eigenvalue weighted by atomic mass is 10.0. The fourth-order valence-electron chi connectivity index (χ4n) is 7.14. The van der Waals surface area contributed by atoms with Gasteiger partial charge in [0.25, 0.3) is 0 Å². The molecule has 0 bridgehead atoms. The number of rotatable bonds is 5. The van der Waals surface area contributed by atoms with Crippen molar-refractivity contribution >= 4 is 91.7 Å². The average Bonchev–Trinajstić information content (AvgIpc) is 3.79. The molecule has 10 aromatic rings. The van der Waals surface area contributed by atoms with Crippen molar-refractivity contribution in [3.05, 3.63) is 170 Å². The Bertz CT molecular complexity index is 2740. The zero-order chi connectivity index (χ0) is 32.3. The summed E-state index contributed by atoms with van der Waals surface area (Å²) in [4.78, 5) is 7.62. The first-order valence-electron chi connectivity index (χ1n) is 16.5. The fraction of sp³-hybridized carbons (Fsp3) is 0. The van der Waals surface area contributed by atoms with Crippen molar-refractivity contribution in [2.75, 3.05) is 4.90 Å².